The van der Waals surface area contributed by atoms with Gasteiger partial charge in [-0.3, -0.25) is 4.90 Å². The molecule has 0 atom stereocenters. The topological polar surface area (TPSA) is 44.8 Å². The van der Waals surface area contributed by atoms with E-state index in [2.05, 4.69) is 10.2 Å². The number of carbonyl (C=O) groups is 1. The second-order valence-corrected chi connectivity index (χ2v) is 9.80. The molecule has 3 aromatic carbocycles. The first-order valence-corrected chi connectivity index (χ1v) is 12.8. The third-order valence-corrected chi connectivity index (χ3v) is 6.85. The van der Waals surface area contributed by atoms with Gasteiger partial charge in [-0.15, -0.1) is 0 Å². The van der Waals surface area contributed by atoms with Gasteiger partial charge in [0.25, 0.3) is 0 Å². The SMILES string of the molecule is Cc1ccc(F)cc1NC(=O)N1CCN(CCCOC(c2ccc(Cl)cc2)c2ccc(Cl)cc2)CC1. The van der Waals surface area contributed by atoms with Crippen LogP contribution >= 0.6 is 23.2 Å². The Kier molecular flexibility index (Phi) is 9.21. The molecule has 0 bridgehead atoms. The second-order valence-electron chi connectivity index (χ2n) is 8.93. The van der Waals surface area contributed by atoms with Crippen LogP contribution in [0, 0.1) is 12.7 Å². The monoisotopic (exact) mass is 529 g/mol. The molecule has 1 aliphatic heterocycles. The quantitative estimate of drug-likeness (QED) is 0.327. The summed E-state index contributed by atoms with van der Waals surface area (Å²) in [4.78, 5) is 16.7. The predicted octanol–water partition coefficient (Wildman–Crippen LogP) is 6.79. The van der Waals surface area contributed by atoms with Gasteiger partial charge in [0.05, 0.1) is 0 Å². The van der Waals surface area contributed by atoms with Gasteiger partial charge in [0.2, 0.25) is 0 Å². The van der Waals surface area contributed by atoms with Crippen molar-refractivity contribution in [2.45, 2.75) is 19.4 Å². The molecule has 0 spiro atoms. The Morgan fingerprint density at radius 2 is 1.53 bits per heavy atom. The minimum Gasteiger partial charge on any atom is -0.369 e. The lowest BCUT2D eigenvalue weighted by atomic mass is 10.0. The van der Waals surface area contributed by atoms with E-state index >= 15 is 0 Å². The first-order valence-electron chi connectivity index (χ1n) is 12.1. The number of halogens is 3. The summed E-state index contributed by atoms with van der Waals surface area (Å²) < 4.78 is 19.8. The number of hydrogen-bond acceptors (Lipinski definition) is 3. The smallest absolute Gasteiger partial charge is 0.321 e. The van der Waals surface area contributed by atoms with Crippen LogP contribution in [0.5, 0.6) is 0 Å². The van der Waals surface area contributed by atoms with Crippen molar-refractivity contribution in [1.82, 2.24) is 9.80 Å². The lowest BCUT2D eigenvalue weighted by Gasteiger charge is -2.34. The van der Waals surface area contributed by atoms with Gasteiger partial charge in [-0.1, -0.05) is 53.5 Å². The van der Waals surface area contributed by atoms with Gasteiger partial charge in [0.1, 0.15) is 11.9 Å². The number of piperazine rings is 1. The Hall–Kier alpha value is -2.64. The molecule has 1 fully saturated rings. The van der Waals surface area contributed by atoms with Crippen molar-refractivity contribution in [3.63, 3.8) is 0 Å². The maximum Gasteiger partial charge on any atom is 0.321 e. The zero-order valence-electron chi connectivity index (χ0n) is 20.2. The molecule has 0 aromatic heterocycles. The zero-order valence-corrected chi connectivity index (χ0v) is 21.7. The number of urea groups is 1. The zero-order chi connectivity index (χ0) is 25.5. The van der Waals surface area contributed by atoms with Crippen LogP contribution in [-0.4, -0.2) is 55.2 Å². The number of benzene rings is 3. The minimum atomic E-state index is -0.364. The molecule has 36 heavy (non-hydrogen) atoms. The van der Waals surface area contributed by atoms with Crippen LogP contribution in [0.3, 0.4) is 0 Å². The average molecular weight is 530 g/mol. The second kappa shape index (κ2) is 12.5. The molecule has 0 unspecified atom stereocenters. The summed E-state index contributed by atoms with van der Waals surface area (Å²) in [7, 11) is 0. The maximum absolute atomic E-state index is 13.5. The van der Waals surface area contributed by atoms with E-state index < -0.39 is 0 Å². The number of amides is 2. The number of ether oxygens (including phenoxy) is 1. The minimum absolute atomic E-state index is 0.194. The Morgan fingerprint density at radius 3 is 2.11 bits per heavy atom. The summed E-state index contributed by atoms with van der Waals surface area (Å²) >= 11 is 12.1. The van der Waals surface area contributed by atoms with E-state index in [1.807, 2.05) is 55.5 Å². The van der Waals surface area contributed by atoms with Crippen molar-refractivity contribution < 1.29 is 13.9 Å². The molecule has 4 rings (SSSR count). The van der Waals surface area contributed by atoms with Crippen molar-refractivity contribution in [3.8, 4) is 0 Å². The van der Waals surface area contributed by atoms with Crippen LogP contribution in [0.1, 0.15) is 29.2 Å². The third kappa shape index (κ3) is 7.20. The number of carbonyl (C=O) groups excluding carboxylic acids is 1. The van der Waals surface area contributed by atoms with E-state index in [0.717, 1.165) is 42.7 Å². The highest BCUT2D eigenvalue weighted by Gasteiger charge is 2.22. The number of aryl methyl sites for hydroxylation is 1. The maximum atomic E-state index is 13.5. The summed E-state index contributed by atoms with van der Waals surface area (Å²) in [5.74, 6) is -0.364. The highest BCUT2D eigenvalue weighted by molar-refractivity contribution is 6.30. The lowest BCUT2D eigenvalue weighted by molar-refractivity contribution is 0.0670. The van der Waals surface area contributed by atoms with E-state index in [4.69, 9.17) is 27.9 Å². The van der Waals surface area contributed by atoms with E-state index in [1.54, 1.807) is 11.0 Å². The van der Waals surface area contributed by atoms with Gasteiger partial charge in [0.15, 0.2) is 0 Å². The molecule has 0 saturated carbocycles. The number of anilines is 1. The summed E-state index contributed by atoms with van der Waals surface area (Å²) in [5, 5.41) is 4.21. The van der Waals surface area contributed by atoms with Gasteiger partial charge in [-0.05, 0) is 66.4 Å². The van der Waals surface area contributed by atoms with Crippen LogP contribution in [0.2, 0.25) is 10.0 Å². The number of nitrogens with one attached hydrogen (secondary N) is 1. The molecular weight excluding hydrogens is 500 g/mol. The Balaban J connectivity index is 1.24. The van der Waals surface area contributed by atoms with E-state index in [-0.39, 0.29) is 18.0 Å². The Labute approximate surface area is 221 Å². The Bertz CT molecular complexity index is 1100. The number of nitrogens with zero attached hydrogens (tertiary/aromatic N) is 2. The van der Waals surface area contributed by atoms with Gasteiger partial charge in [-0.2, -0.15) is 0 Å². The summed E-state index contributed by atoms with van der Waals surface area (Å²) in [5.41, 5.74) is 3.42. The molecule has 1 aliphatic rings. The van der Waals surface area contributed by atoms with Crippen molar-refractivity contribution >= 4 is 34.9 Å². The average Bonchev–Trinajstić information content (AvgIpc) is 2.88. The fourth-order valence-corrected chi connectivity index (χ4v) is 4.50. The van der Waals surface area contributed by atoms with Crippen LogP contribution in [0.25, 0.3) is 0 Å². The summed E-state index contributed by atoms with van der Waals surface area (Å²) in [6, 6.07) is 19.6. The van der Waals surface area contributed by atoms with E-state index in [9.17, 15) is 9.18 Å². The standard InChI is InChI=1S/C28H30Cl2FN3O2/c1-20-3-12-25(31)19-26(20)32-28(35)34-16-14-33(15-17-34)13-2-18-36-27(21-4-8-23(29)9-5-21)22-6-10-24(30)11-7-22/h3-12,19,27H,2,13-18H2,1H3,(H,32,35). The molecule has 8 heteroatoms. The van der Waals surface area contributed by atoms with Gasteiger partial charge >= 0.3 is 6.03 Å². The predicted molar refractivity (Wildman–Crippen MR) is 143 cm³/mol. The third-order valence-electron chi connectivity index (χ3n) is 6.35. The molecule has 2 amide bonds. The largest absolute Gasteiger partial charge is 0.369 e. The highest BCUT2D eigenvalue weighted by atomic mass is 35.5. The van der Waals surface area contributed by atoms with Crippen LogP contribution in [0.4, 0.5) is 14.9 Å². The van der Waals surface area contributed by atoms with Gasteiger partial charge in [0, 0.05) is 55.1 Å². The van der Waals surface area contributed by atoms with Crippen molar-refractivity contribution in [2.24, 2.45) is 0 Å². The molecule has 1 N–H and O–H groups in total. The van der Waals surface area contributed by atoms with E-state index in [1.165, 1.54) is 12.1 Å². The summed E-state index contributed by atoms with van der Waals surface area (Å²) in [6.07, 6.45) is 0.665. The van der Waals surface area contributed by atoms with Gasteiger partial charge in [-0.25, -0.2) is 9.18 Å². The van der Waals surface area contributed by atoms with Crippen molar-refractivity contribution in [1.29, 1.82) is 0 Å². The Morgan fingerprint density at radius 1 is 0.944 bits per heavy atom. The fourth-order valence-electron chi connectivity index (χ4n) is 4.25. The number of hydrogen-bond donors (Lipinski definition) is 1. The van der Waals surface area contributed by atoms with Crippen LogP contribution in [-0.2, 0) is 4.74 Å². The van der Waals surface area contributed by atoms with Crippen molar-refractivity contribution in [3.05, 3.63) is 99.3 Å². The highest BCUT2D eigenvalue weighted by Crippen LogP contribution is 2.28. The van der Waals surface area contributed by atoms with Crippen molar-refractivity contribution in [2.75, 3.05) is 44.6 Å². The normalized spacial score (nSPS) is 14.3. The molecule has 0 radical (unpaired) electrons. The molecule has 0 aliphatic carbocycles. The van der Waals surface area contributed by atoms with Gasteiger partial charge < -0.3 is 15.0 Å². The van der Waals surface area contributed by atoms with Crippen LogP contribution < -0.4 is 5.32 Å². The molecule has 190 valence electrons. The molecule has 5 nitrogen and oxygen atoms in total. The molecule has 3 aromatic rings. The molecule has 1 saturated heterocycles. The first kappa shape index (κ1) is 26.4. The fraction of sp³-hybridized carbons (Fsp3) is 0.321. The van der Waals surface area contributed by atoms with Crippen LogP contribution in [0.15, 0.2) is 66.7 Å². The summed E-state index contributed by atoms with van der Waals surface area (Å²) in [6.45, 7) is 6.14. The van der Waals surface area contributed by atoms with E-state index in [0.29, 0.717) is 35.4 Å². The molecule has 1 heterocycles. The lowest BCUT2D eigenvalue weighted by Crippen LogP contribution is -2.50. The number of rotatable bonds is 8. The first-order chi connectivity index (χ1) is 17.4. The molecular formula is C28H30Cl2FN3O2.